The van der Waals surface area contributed by atoms with Gasteiger partial charge in [-0.25, -0.2) is 14.8 Å². The summed E-state index contributed by atoms with van der Waals surface area (Å²) in [4.78, 5) is 18.6. The van der Waals surface area contributed by atoms with E-state index in [-0.39, 0.29) is 5.56 Å². The van der Waals surface area contributed by atoms with E-state index in [0.717, 1.165) is 12.2 Å². The summed E-state index contributed by atoms with van der Waals surface area (Å²) in [7, 11) is 0. The van der Waals surface area contributed by atoms with Crippen LogP contribution in [0.15, 0.2) is 36.7 Å². The van der Waals surface area contributed by atoms with Gasteiger partial charge in [-0.3, -0.25) is 0 Å². The minimum absolute atomic E-state index is 0.0878. The molecule has 1 aromatic heterocycles. The second kappa shape index (κ2) is 6.65. The quantitative estimate of drug-likeness (QED) is 0.874. The molecule has 0 amide bonds. The zero-order valence-electron chi connectivity index (χ0n) is 11.2. The number of ether oxygens (including phenoxy) is 1. The Morgan fingerprint density at radius 1 is 1.20 bits per heavy atom. The molecular formula is C15H16N2O3. The first-order valence-corrected chi connectivity index (χ1v) is 6.45. The highest BCUT2D eigenvalue weighted by molar-refractivity contribution is 5.86. The van der Waals surface area contributed by atoms with Gasteiger partial charge in [0.25, 0.3) is 0 Å². The lowest BCUT2D eigenvalue weighted by atomic mass is 10.2. The lowest BCUT2D eigenvalue weighted by Crippen LogP contribution is -2.06. The monoisotopic (exact) mass is 272 g/mol. The van der Waals surface area contributed by atoms with Crippen molar-refractivity contribution >= 4 is 5.97 Å². The van der Waals surface area contributed by atoms with E-state index >= 15 is 0 Å². The number of benzene rings is 1. The molecule has 2 rings (SSSR count). The number of nitrogens with zero attached hydrogens (tertiary/aromatic N) is 2. The molecule has 1 N–H and O–H groups in total. The van der Waals surface area contributed by atoms with Crippen LogP contribution in [0.5, 0.6) is 5.75 Å². The largest absolute Gasteiger partial charge is 0.493 e. The maximum Gasteiger partial charge on any atom is 0.338 e. The van der Waals surface area contributed by atoms with Gasteiger partial charge in [-0.15, -0.1) is 0 Å². The van der Waals surface area contributed by atoms with Gasteiger partial charge in [0, 0.05) is 18.8 Å². The van der Waals surface area contributed by atoms with E-state index in [1.165, 1.54) is 18.0 Å². The first-order valence-electron chi connectivity index (χ1n) is 6.45. The molecule has 0 aliphatic heterocycles. The van der Waals surface area contributed by atoms with Crippen molar-refractivity contribution in [1.82, 2.24) is 9.97 Å². The Morgan fingerprint density at radius 2 is 1.85 bits per heavy atom. The van der Waals surface area contributed by atoms with E-state index in [0.29, 0.717) is 18.9 Å². The van der Waals surface area contributed by atoms with E-state index in [1.54, 1.807) is 0 Å². The molecule has 0 aliphatic rings. The summed E-state index contributed by atoms with van der Waals surface area (Å²) in [5.74, 6) is 0.355. The third-order valence-corrected chi connectivity index (χ3v) is 2.88. The summed E-state index contributed by atoms with van der Waals surface area (Å²) >= 11 is 0. The molecule has 5 nitrogen and oxygen atoms in total. The van der Waals surface area contributed by atoms with Crippen molar-refractivity contribution in [3.8, 4) is 5.75 Å². The average molecular weight is 272 g/mol. The van der Waals surface area contributed by atoms with Gasteiger partial charge in [0.2, 0.25) is 0 Å². The summed E-state index contributed by atoms with van der Waals surface area (Å²) in [6.07, 6.45) is 4.15. The van der Waals surface area contributed by atoms with Gasteiger partial charge in [-0.1, -0.05) is 19.1 Å². The zero-order chi connectivity index (χ0) is 14.4. The Kier molecular flexibility index (Phi) is 4.65. The fourth-order valence-electron chi connectivity index (χ4n) is 1.68. The van der Waals surface area contributed by atoms with Crippen LogP contribution < -0.4 is 4.74 Å². The van der Waals surface area contributed by atoms with Gasteiger partial charge in [0.15, 0.2) is 0 Å². The van der Waals surface area contributed by atoms with Gasteiger partial charge in [-0.2, -0.15) is 0 Å². The van der Waals surface area contributed by atoms with Crippen molar-refractivity contribution in [3.05, 3.63) is 53.6 Å². The molecule has 1 aromatic carbocycles. The summed E-state index contributed by atoms with van der Waals surface area (Å²) in [5, 5.41) is 8.74. The molecular weight excluding hydrogens is 256 g/mol. The van der Waals surface area contributed by atoms with Crippen LogP contribution in [0.2, 0.25) is 0 Å². The SMILES string of the molecule is CCc1ccc(OCCc2ncc(C(=O)O)cn2)cc1. The van der Waals surface area contributed by atoms with Crippen molar-refractivity contribution in [2.24, 2.45) is 0 Å². The van der Waals surface area contributed by atoms with Crippen LogP contribution in [0, 0.1) is 0 Å². The Balaban J connectivity index is 1.84. The minimum atomic E-state index is -1.02. The lowest BCUT2D eigenvalue weighted by molar-refractivity contribution is 0.0696. The van der Waals surface area contributed by atoms with E-state index in [2.05, 4.69) is 16.9 Å². The number of carbonyl (C=O) groups is 1. The highest BCUT2D eigenvalue weighted by Gasteiger charge is 2.04. The van der Waals surface area contributed by atoms with Gasteiger partial charge >= 0.3 is 5.97 Å². The van der Waals surface area contributed by atoms with E-state index in [1.807, 2.05) is 24.3 Å². The molecule has 0 spiro atoms. The molecule has 0 saturated carbocycles. The maximum atomic E-state index is 10.7. The number of aryl methyl sites for hydroxylation is 1. The Hall–Kier alpha value is -2.43. The van der Waals surface area contributed by atoms with E-state index in [4.69, 9.17) is 9.84 Å². The molecule has 1 heterocycles. The number of aromatic carboxylic acids is 1. The summed E-state index contributed by atoms with van der Waals surface area (Å²) in [5.41, 5.74) is 1.36. The molecule has 0 saturated heterocycles. The molecule has 5 heteroatoms. The predicted molar refractivity (Wildman–Crippen MR) is 74.0 cm³/mol. The summed E-state index contributed by atoms with van der Waals surface area (Å²) in [6, 6.07) is 7.95. The van der Waals surface area contributed by atoms with E-state index in [9.17, 15) is 4.79 Å². The number of hydrogen-bond acceptors (Lipinski definition) is 4. The van der Waals surface area contributed by atoms with Crippen LogP contribution in [0.3, 0.4) is 0 Å². The second-order valence-corrected chi connectivity index (χ2v) is 4.29. The van der Waals surface area contributed by atoms with Crippen LogP contribution in [0.4, 0.5) is 0 Å². The number of hydrogen-bond donors (Lipinski definition) is 1. The van der Waals surface area contributed by atoms with Crippen LogP contribution in [0.1, 0.15) is 28.7 Å². The van der Waals surface area contributed by atoms with Crippen molar-refractivity contribution in [2.75, 3.05) is 6.61 Å². The van der Waals surface area contributed by atoms with Crippen LogP contribution in [0.25, 0.3) is 0 Å². The fraction of sp³-hybridized carbons (Fsp3) is 0.267. The molecule has 0 fully saturated rings. The van der Waals surface area contributed by atoms with Gasteiger partial charge in [0.05, 0.1) is 12.2 Å². The molecule has 0 atom stereocenters. The Morgan fingerprint density at radius 3 is 2.40 bits per heavy atom. The molecule has 0 unspecified atom stereocenters. The molecule has 104 valence electrons. The smallest absolute Gasteiger partial charge is 0.338 e. The summed E-state index contributed by atoms with van der Waals surface area (Å²) < 4.78 is 5.59. The fourth-order valence-corrected chi connectivity index (χ4v) is 1.68. The number of aromatic nitrogens is 2. The number of carboxylic acid groups (broad SMARTS) is 1. The molecule has 2 aromatic rings. The highest BCUT2D eigenvalue weighted by Crippen LogP contribution is 2.12. The third kappa shape index (κ3) is 3.78. The zero-order valence-corrected chi connectivity index (χ0v) is 11.2. The molecule has 0 bridgehead atoms. The van der Waals surface area contributed by atoms with Crippen LogP contribution in [-0.4, -0.2) is 27.7 Å². The average Bonchev–Trinajstić information content (AvgIpc) is 2.48. The minimum Gasteiger partial charge on any atom is -0.493 e. The van der Waals surface area contributed by atoms with Gasteiger partial charge in [-0.05, 0) is 24.1 Å². The summed E-state index contributed by atoms with van der Waals surface area (Å²) in [6.45, 7) is 2.56. The van der Waals surface area contributed by atoms with Crippen LogP contribution in [-0.2, 0) is 12.8 Å². The maximum absolute atomic E-state index is 10.7. The highest BCUT2D eigenvalue weighted by atomic mass is 16.5. The molecule has 0 aliphatic carbocycles. The second-order valence-electron chi connectivity index (χ2n) is 4.29. The first-order chi connectivity index (χ1) is 9.69. The molecule has 0 radical (unpaired) electrons. The first kappa shape index (κ1) is 14.0. The van der Waals surface area contributed by atoms with Crippen molar-refractivity contribution in [3.63, 3.8) is 0 Å². The Bertz CT molecular complexity index is 565. The van der Waals surface area contributed by atoms with Crippen molar-refractivity contribution in [2.45, 2.75) is 19.8 Å². The normalized spacial score (nSPS) is 10.2. The standard InChI is InChI=1S/C15H16N2O3/c1-2-11-3-5-13(6-4-11)20-8-7-14-16-9-12(10-17-14)15(18)19/h3-6,9-10H,2,7-8H2,1H3,(H,18,19). The number of rotatable bonds is 6. The Labute approximate surface area is 117 Å². The van der Waals surface area contributed by atoms with Crippen LogP contribution >= 0.6 is 0 Å². The lowest BCUT2D eigenvalue weighted by Gasteiger charge is -2.06. The van der Waals surface area contributed by atoms with Gasteiger partial charge in [0.1, 0.15) is 11.6 Å². The van der Waals surface area contributed by atoms with E-state index < -0.39 is 5.97 Å². The predicted octanol–water partition coefficient (Wildman–Crippen LogP) is 2.36. The third-order valence-electron chi connectivity index (χ3n) is 2.88. The molecule has 20 heavy (non-hydrogen) atoms. The van der Waals surface area contributed by atoms with Crippen molar-refractivity contribution < 1.29 is 14.6 Å². The van der Waals surface area contributed by atoms with Gasteiger partial charge < -0.3 is 9.84 Å². The topological polar surface area (TPSA) is 72.3 Å². The van der Waals surface area contributed by atoms with Crippen molar-refractivity contribution in [1.29, 1.82) is 0 Å². The number of carboxylic acids is 1.